The smallest absolute Gasteiger partial charge is 0.0773 e. The van der Waals surface area contributed by atoms with E-state index in [-0.39, 0.29) is 11.6 Å². The maximum absolute atomic E-state index is 6.07. The van der Waals surface area contributed by atoms with Crippen molar-refractivity contribution in [3.05, 3.63) is 18.0 Å². The van der Waals surface area contributed by atoms with E-state index in [2.05, 4.69) is 5.10 Å². The predicted molar refractivity (Wildman–Crippen MR) is 60.6 cm³/mol. The lowest BCUT2D eigenvalue weighted by atomic mass is 9.94. The number of aryl methyl sites for hydroxylation is 2. The number of nitrogens with two attached hydrogens (primary N) is 1. The molecule has 0 aliphatic rings. The number of rotatable bonds is 5. The third kappa shape index (κ3) is 3.04. The fourth-order valence-corrected chi connectivity index (χ4v) is 1.45. The summed E-state index contributed by atoms with van der Waals surface area (Å²) in [5.74, 6) is 0. The molecular weight excluding hydrogens is 190 g/mol. The molecular formula is C11H21N3O. The Bertz CT molecular complexity index is 307. The summed E-state index contributed by atoms with van der Waals surface area (Å²) in [6, 6.07) is 2.06. The molecule has 0 bridgehead atoms. The van der Waals surface area contributed by atoms with Crippen LogP contribution in [-0.4, -0.2) is 28.5 Å². The van der Waals surface area contributed by atoms with E-state index >= 15 is 0 Å². The van der Waals surface area contributed by atoms with E-state index in [1.54, 1.807) is 7.11 Å². The van der Waals surface area contributed by atoms with Crippen molar-refractivity contribution in [3.8, 4) is 0 Å². The monoisotopic (exact) mass is 211 g/mol. The first-order chi connectivity index (χ1) is 6.97. The molecule has 0 aliphatic carbocycles. The number of aromatic nitrogens is 2. The van der Waals surface area contributed by atoms with Gasteiger partial charge in [0.2, 0.25) is 0 Å². The first kappa shape index (κ1) is 12.2. The SMILES string of the molecule is COC(C)(C)C(N)CCc1ccnn1C. The molecule has 1 atom stereocenters. The van der Waals surface area contributed by atoms with Crippen LogP contribution >= 0.6 is 0 Å². The topological polar surface area (TPSA) is 53.1 Å². The Morgan fingerprint density at radius 1 is 1.60 bits per heavy atom. The molecule has 2 N–H and O–H groups in total. The van der Waals surface area contributed by atoms with Crippen molar-refractivity contribution in [2.45, 2.75) is 38.3 Å². The van der Waals surface area contributed by atoms with Gasteiger partial charge in [-0.3, -0.25) is 4.68 Å². The number of hydrogen-bond donors (Lipinski definition) is 1. The summed E-state index contributed by atoms with van der Waals surface area (Å²) in [4.78, 5) is 0. The standard InChI is InChI=1S/C11H21N3O/c1-11(2,15-4)10(12)6-5-9-7-8-13-14(9)3/h7-8,10H,5-6,12H2,1-4H3. The van der Waals surface area contributed by atoms with Gasteiger partial charge in [-0.2, -0.15) is 5.10 Å². The van der Waals surface area contributed by atoms with Gasteiger partial charge in [0.15, 0.2) is 0 Å². The third-order valence-corrected chi connectivity index (χ3v) is 3.05. The lowest BCUT2D eigenvalue weighted by molar-refractivity contribution is -0.00142. The first-order valence-corrected chi connectivity index (χ1v) is 5.25. The molecule has 0 fully saturated rings. The van der Waals surface area contributed by atoms with E-state index in [4.69, 9.17) is 10.5 Å². The zero-order chi connectivity index (χ0) is 11.5. The fourth-order valence-electron chi connectivity index (χ4n) is 1.45. The van der Waals surface area contributed by atoms with Gasteiger partial charge in [0, 0.05) is 32.1 Å². The van der Waals surface area contributed by atoms with Crippen molar-refractivity contribution in [3.63, 3.8) is 0 Å². The molecule has 0 radical (unpaired) electrons. The highest BCUT2D eigenvalue weighted by Crippen LogP contribution is 2.16. The second-order valence-electron chi connectivity index (χ2n) is 4.40. The number of nitrogens with zero attached hydrogens (tertiary/aromatic N) is 2. The molecule has 0 amide bonds. The van der Waals surface area contributed by atoms with Crippen LogP contribution in [-0.2, 0) is 18.2 Å². The molecule has 1 heterocycles. The van der Waals surface area contributed by atoms with E-state index in [0.717, 1.165) is 12.8 Å². The summed E-state index contributed by atoms with van der Waals surface area (Å²) in [6.45, 7) is 4.03. The van der Waals surface area contributed by atoms with Crippen LogP contribution in [0.15, 0.2) is 12.3 Å². The van der Waals surface area contributed by atoms with Gasteiger partial charge >= 0.3 is 0 Å². The molecule has 4 nitrogen and oxygen atoms in total. The van der Waals surface area contributed by atoms with Crippen molar-refractivity contribution in [2.75, 3.05) is 7.11 Å². The Morgan fingerprint density at radius 2 is 2.27 bits per heavy atom. The van der Waals surface area contributed by atoms with E-state index in [9.17, 15) is 0 Å². The maximum Gasteiger partial charge on any atom is 0.0773 e. The Kier molecular flexibility index (Phi) is 3.88. The summed E-state index contributed by atoms with van der Waals surface area (Å²) in [6.07, 6.45) is 3.65. The zero-order valence-corrected chi connectivity index (χ0v) is 10.0. The minimum absolute atomic E-state index is 0.0393. The van der Waals surface area contributed by atoms with E-state index in [1.807, 2.05) is 37.8 Å². The molecule has 1 rings (SSSR count). The summed E-state index contributed by atoms with van der Waals surface area (Å²) >= 11 is 0. The highest BCUT2D eigenvalue weighted by molar-refractivity contribution is 5.01. The average molecular weight is 211 g/mol. The Labute approximate surface area is 91.4 Å². The van der Waals surface area contributed by atoms with Crippen LogP contribution in [0.2, 0.25) is 0 Å². The predicted octanol–water partition coefficient (Wildman–Crippen LogP) is 1.10. The third-order valence-electron chi connectivity index (χ3n) is 3.05. The molecule has 0 aromatic carbocycles. The highest BCUT2D eigenvalue weighted by Gasteiger charge is 2.25. The normalized spacial score (nSPS) is 14.2. The van der Waals surface area contributed by atoms with Crippen LogP contribution in [0.4, 0.5) is 0 Å². The van der Waals surface area contributed by atoms with Crippen molar-refractivity contribution in [1.29, 1.82) is 0 Å². The van der Waals surface area contributed by atoms with Gasteiger partial charge in [-0.05, 0) is 32.8 Å². The van der Waals surface area contributed by atoms with Crippen molar-refractivity contribution in [2.24, 2.45) is 12.8 Å². The summed E-state index contributed by atoms with van der Waals surface area (Å²) in [7, 11) is 3.65. The quantitative estimate of drug-likeness (QED) is 0.793. The van der Waals surface area contributed by atoms with Gasteiger partial charge in [0.05, 0.1) is 5.60 Å². The van der Waals surface area contributed by atoms with Gasteiger partial charge < -0.3 is 10.5 Å². The molecule has 0 saturated heterocycles. The van der Waals surface area contributed by atoms with Crippen LogP contribution in [0.1, 0.15) is 26.0 Å². The maximum atomic E-state index is 6.07. The zero-order valence-electron chi connectivity index (χ0n) is 10.0. The lowest BCUT2D eigenvalue weighted by Crippen LogP contribution is -2.44. The highest BCUT2D eigenvalue weighted by atomic mass is 16.5. The molecule has 0 aliphatic heterocycles. The van der Waals surface area contributed by atoms with Crippen molar-refractivity contribution in [1.82, 2.24) is 9.78 Å². The molecule has 1 unspecified atom stereocenters. The summed E-state index contributed by atoms with van der Waals surface area (Å²) in [5, 5.41) is 4.12. The number of hydrogen-bond acceptors (Lipinski definition) is 3. The second-order valence-corrected chi connectivity index (χ2v) is 4.40. The van der Waals surface area contributed by atoms with Crippen LogP contribution in [0.25, 0.3) is 0 Å². The van der Waals surface area contributed by atoms with Crippen LogP contribution < -0.4 is 5.73 Å². The molecule has 1 aromatic heterocycles. The van der Waals surface area contributed by atoms with Crippen LogP contribution in [0.5, 0.6) is 0 Å². The minimum atomic E-state index is -0.265. The van der Waals surface area contributed by atoms with Crippen molar-refractivity contribution >= 4 is 0 Å². The average Bonchev–Trinajstić information content (AvgIpc) is 2.60. The fraction of sp³-hybridized carbons (Fsp3) is 0.727. The van der Waals surface area contributed by atoms with E-state index in [1.165, 1.54) is 5.69 Å². The van der Waals surface area contributed by atoms with E-state index < -0.39 is 0 Å². The minimum Gasteiger partial charge on any atom is -0.377 e. The first-order valence-electron chi connectivity index (χ1n) is 5.25. The van der Waals surface area contributed by atoms with Gasteiger partial charge in [-0.15, -0.1) is 0 Å². The van der Waals surface area contributed by atoms with E-state index in [0.29, 0.717) is 0 Å². The van der Waals surface area contributed by atoms with Gasteiger partial charge in [-0.1, -0.05) is 0 Å². The molecule has 1 aromatic rings. The van der Waals surface area contributed by atoms with Gasteiger partial charge in [0.1, 0.15) is 0 Å². The molecule has 4 heteroatoms. The Balaban J connectivity index is 2.48. The largest absolute Gasteiger partial charge is 0.377 e. The van der Waals surface area contributed by atoms with Crippen LogP contribution in [0, 0.1) is 0 Å². The second kappa shape index (κ2) is 4.77. The lowest BCUT2D eigenvalue weighted by Gasteiger charge is -2.30. The molecule has 0 spiro atoms. The number of methoxy groups -OCH3 is 1. The van der Waals surface area contributed by atoms with Gasteiger partial charge in [0.25, 0.3) is 0 Å². The Hall–Kier alpha value is -0.870. The number of ether oxygens (including phenoxy) is 1. The van der Waals surface area contributed by atoms with Gasteiger partial charge in [-0.25, -0.2) is 0 Å². The van der Waals surface area contributed by atoms with Crippen molar-refractivity contribution < 1.29 is 4.74 Å². The van der Waals surface area contributed by atoms with Crippen LogP contribution in [0.3, 0.4) is 0 Å². The Morgan fingerprint density at radius 3 is 2.73 bits per heavy atom. The summed E-state index contributed by atoms with van der Waals surface area (Å²) < 4.78 is 7.23. The summed E-state index contributed by atoms with van der Waals surface area (Å²) in [5.41, 5.74) is 7.01. The molecule has 0 saturated carbocycles. The molecule has 86 valence electrons. The molecule has 15 heavy (non-hydrogen) atoms.